The summed E-state index contributed by atoms with van der Waals surface area (Å²) in [5, 5.41) is 12.6. The highest BCUT2D eigenvalue weighted by Crippen LogP contribution is 1.71. The van der Waals surface area contributed by atoms with Crippen LogP contribution >= 0.6 is 0 Å². The predicted octanol–water partition coefficient (Wildman–Crippen LogP) is 0.181. The zero-order valence-corrected chi connectivity index (χ0v) is 6.07. The summed E-state index contributed by atoms with van der Waals surface area (Å²) in [6.45, 7) is 5.96. The molecule has 0 bridgehead atoms. The largest absolute Gasteiger partial charge is 0.375 e. The molecule has 0 fully saturated rings. The smallest absolute Gasteiger partial charge is 0.0791 e. The lowest BCUT2D eigenvalue weighted by molar-refractivity contribution is 0.586. The van der Waals surface area contributed by atoms with Crippen LogP contribution in [0.15, 0.2) is 0 Å². The van der Waals surface area contributed by atoms with Gasteiger partial charge < -0.3 is 10.6 Å². The molecule has 0 aromatic carbocycles. The molecular weight excluding hydrogens is 114 g/mol. The van der Waals surface area contributed by atoms with Crippen LogP contribution in [0.3, 0.4) is 0 Å². The summed E-state index contributed by atoms with van der Waals surface area (Å²) in [6.07, 6.45) is 1.21. The SMILES string of the molecule is CC(C)NCCNC=N. The van der Waals surface area contributed by atoms with E-state index in [2.05, 4.69) is 24.5 Å². The Morgan fingerprint density at radius 1 is 1.44 bits per heavy atom. The van der Waals surface area contributed by atoms with E-state index in [0.717, 1.165) is 13.1 Å². The van der Waals surface area contributed by atoms with Gasteiger partial charge in [0.05, 0.1) is 6.34 Å². The van der Waals surface area contributed by atoms with Crippen molar-refractivity contribution in [3.63, 3.8) is 0 Å². The van der Waals surface area contributed by atoms with Crippen molar-refractivity contribution in [3.8, 4) is 0 Å². The lowest BCUT2D eigenvalue weighted by Crippen LogP contribution is -2.30. The second-order valence-electron chi connectivity index (χ2n) is 2.21. The van der Waals surface area contributed by atoms with Crippen LogP contribution in [0.1, 0.15) is 13.8 Å². The molecule has 3 nitrogen and oxygen atoms in total. The zero-order valence-electron chi connectivity index (χ0n) is 6.07. The molecule has 0 aliphatic carbocycles. The van der Waals surface area contributed by atoms with Crippen LogP contribution in [-0.2, 0) is 0 Å². The van der Waals surface area contributed by atoms with E-state index in [9.17, 15) is 0 Å². The van der Waals surface area contributed by atoms with E-state index < -0.39 is 0 Å². The highest BCUT2D eigenvalue weighted by Gasteiger charge is 1.87. The second-order valence-corrected chi connectivity index (χ2v) is 2.21. The van der Waals surface area contributed by atoms with Gasteiger partial charge in [-0.05, 0) is 0 Å². The van der Waals surface area contributed by atoms with Gasteiger partial charge in [0, 0.05) is 19.1 Å². The molecule has 0 saturated heterocycles. The van der Waals surface area contributed by atoms with Crippen molar-refractivity contribution < 1.29 is 0 Å². The first kappa shape index (κ1) is 8.43. The van der Waals surface area contributed by atoms with Crippen LogP contribution in [0.2, 0.25) is 0 Å². The van der Waals surface area contributed by atoms with Crippen LogP contribution in [0, 0.1) is 5.41 Å². The highest BCUT2D eigenvalue weighted by atomic mass is 15.0. The summed E-state index contributed by atoms with van der Waals surface area (Å²) in [5.74, 6) is 0. The van der Waals surface area contributed by atoms with Gasteiger partial charge in [0.15, 0.2) is 0 Å². The third-order valence-corrected chi connectivity index (χ3v) is 0.924. The maximum atomic E-state index is 6.62. The molecule has 0 aliphatic heterocycles. The highest BCUT2D eigenvalue weighted by molar-refractivity contribution is 5.49. The van der Waals surface area contributed by atoms with Crippen molar-refractivity contribution in [1.82, 2.24) is 10.6 Å². The Hall–Kier alpha value is -0.570. The normalized spacial score (nSPS) is 9.67. The van der Waals surface area contributed by atoms with E-state index in [1.807, 2.05) is 0 Å². The molecule has 0 aliphatic rings. The summed E-state index contributed by atoms with van der Waals surface area (Å²) in [6, 6.07) is 0.539. The first-order chi connectivity index (χ1) is 4.27. The Bertz CT molecular complexity index is 70.7. The van der Waals surface area contributed by atoms with Crippen LogP contribution < -0.4 is 10.6 Å². The topological polar surface area (TPSA) is 47.9 Å². The maximum absolute atomic E-state index is 6.62. The number of rotatable bonds is 5. The average Bonchev–Trinajstić information content (AvgIpc) is 1.80. The van der Waals surface area contributed by atoms with Crippen molar-refractivity contribution in [2.24, 2.45) is 0 Å². The molecule has 0 spiro atoms. The molecule has 0 rings (SSSR count). The summed E-state index contributed by atoms with van der Waals surface area (Å²) in [7, 11) is 0. The Morgan fingerprint density at radius 2 is 2.11 bits per heavy atom. The molecule has 9 heavy (non-hydrogen) atoms. The van der Waals surface area contributed by atoms with E-state index in [1.165, 1.54) is 6.34 Å². The van der Waals surface area contributed by atoms with Gasteiger partial charge in [-0.2, -0.15) is 0 Å². The predicted molar refractivity (Wildman–Crippen MR) is 39.9 cm³/mol. The molecule has 3 heteroatoms. The zero-order chi connectivity index (χ0) is 7.11. The average molecular weight is 129 g/mol. The minimum absolute atomic E-state index is 0.539. The van der Waals surface area contributed by atoms with Crippen molar-refractivity contribution in [2.45, 2.75) is 19.9 Å². The Balaban J connectivity index is 2.82. The molecule has 0 heterocycles. The van der Waals surface area contributed by atoms with Crippen LogP contribution in [-0.4, -0.2) is 25.5 Å². The van der Waals surface area contributed by atoms with Crippen LogP contribution in [0.4, 0.5) is 0 Å². The molecular formula is C6H15N3. The molecule has 0 amide bonds. The molecule has 0 unspecified atom stereocenters. The number of nitrogens with one attached hydrogen (secondary N) is 3. The summed E-state index contributed by atoms with van der Waals surface area (Å²) >= 11 is 0. The summed E-state index contributed by atoms with van der Waals surface area (Å²) in [5.41, 5.74) is 0. The Kier molecular flexibility index (Phi) is 5.21. The van der Waals surface area contributed by atoms with Gasteiger partial charge >= 0.3 is 0 Å². The second kappa shape index (κ2) is 5.56. The van der Waals surface area contributed by atoms with Gasteiger partial charge in [0.2, 0.25) is 0 Å². The fourth-order valence-electron chi connectivity index (χ4n) is 0.505. The standard InChI is InChI=1S/C6H15N3/c1-6(2)9-4-3-8-5-7/h5-6,9H,3-4H2,1-2H3,(H2,7,8). The molecule has 54 valence electrons. The maximum Gasteiger partial charge on any atom is 0.0791 e. The lowest BCUT2D eigenvalue weighted by Gasteiger charge is -2.06. The first-order valence-electron chi connectivity index (χ1n) is 3.23. The third-order valence-electron chi connectivity index (χ3n) is 0.924. The monoisotopic (exact) mass is 129 g/mol. The van der Waals surface area contributed by atoms with Gasteiger partial charge in [-0.15, -0.1) is 0 Å². The minimum atomic E-state index is 0.539. The number of hydrogen-bond acceptors (Lipinski definition) is 2. The summed E-state index contributed by atoms with van der Waals surface area (Å²) in [4.78, 5) is 0. The molecule has 0 atom stereocenters. The van der Waals surface area contributed by atoms with E-state index in [1.54, 1.807) is 0 Å². The van der Waals surface area contributed by atoms with E-state index in [4.69, 9.17) is 5.41 Å². The summed E-state index contributed by atoms with van der Waals surface area (Å²) < 4.78 is 0. The quantitative estimate of drug-likeness (QED) is 0.282. The van der Waals surface area contributed by atoms with Crippen molar-refractivity contribution in [1.29, 1.82) is 5.41 Å². The van der Waals surface area contributed by atoms with Crippen molar-refractivity contribution >= 4 is 6.34 Å². The van der Waals surface area contributed by atoms with Crippen molar-refractivity contribution in [2.75, 3.05) is 13.1 Å². The van der Waals surface area contributed by atoms with E-state index in [-0.39, 0.29) is 0 Å². The minimum Gasteiger partial charge on any atom is -0.375 e. The molecule has 0 saturated carbocycles. The van der Waals surface area contributed by atoms with Crippen molar-refractivity contribution in [3.05, 3.63) is 0 Å². The van der Waals surface area contributed by atoms with Gasteiger partial charge in [0.1, 0.15) is 0 Å². The fraction of sp³-hybridized carbons (Fsp3) is 0.833. The Morgan fingerprint density at radius 3 is 2.56 bits per heavy atom. The van der Waals surface area contributed by atoms with Gasteiger partial charge in [0.25, 0.3) is 0 Å². The number of hydrogen-bond donors (Lipinski definition) is 3. The molecule has 0 aromatic rings. The van der Waals surface area contributed by atoms with Crippen LogP contribution in [0.25, 0.3) is 0 Å². The first-order valence-corrected chi connectivity index (χ1v) is 3.23. The van der Waals surface area contributed by atoms with Crippen LogP contribution in [0.5, 0.6) is 0 Å². The van der Waals surface area contributed by atoms with Gasteiger partial charge in [-0.25, -0.2) is 0 Å². The molecule has 0 radical (unpaired) electrons. The lowest BCUT2D eigenvalue weighted by atomic mass is 10.4. The Labute approximate surface area is 56.3 Å². The molecule has 0 aromatic heterocycles. The fourth-order valence-corrected chi connectivity index (χ4v) is 0.505. The van der Waals surface area contributed by atoms with E-state index >= 15 is 0 Å². The van der Waals surface area contributed by atoms with Gasteiger partial charge in [-0.1, -0.05) is 13.8 Å². The third kappa shape index (κ3) is 7.43. The van der Waals surface area contributed by atoms with E-state index in [0.29, 0.717) is 6.04 Å². The van der Waals surface area contributed by atoms with Gasteiger partial charge in [-0.3, -0.25) is 5.41 Å². The molecule has 3 N–H and O–H groups in total.